The van der Waals surface area contributed by atoms with Gasteiger partial charge in [0.2, 0.25) is 0 Å². The first kappa shape index (κ1) is 22.4. The van der Waals surface area contributed by atoms with Crippen molar-refractivity contribution in [1.82, 2.24) is 4.90 Å². The molecule has 3 aromatic rings. The highest BCUT2D eigenvalue weighted by molar-refractivity contribution is 5.79. The number of alkyl halides is 2. The first-order valence-corrected chi connectivity index (χ1v) is 10.2. The highest BCUT2D eigenvalue weighted by Crippen LogP contribution is 2.22. The topological polar surface area (TPSA) is 46.1 Å². The van der Waals surface area contributed by atoms with Gasteiger partial charge in [-0.25, -0.2) is 0 Å². The Morgan fingerprint density at radius 2 is 1.45 bits per heavy atom. The van der Waals surface area contributed by atoms with Crippen LogP contribution in [-0.4, -0.2) is 30.5 Å². The van der Waals surface area contributed by atoms with Crippen LogP contribution in [0.1, 0.15) is 29.7 Å². The smallest absolute Gasteiger partial charge is 0.387 e. The molecule has 31 heavy (non-hydrogen) atoms. The first-order chi connectivity index (χ1) is 14.9. The summed E-state index contributed by atoms with van der Waals surface area (Å²) < 4.78 is 29.4. The van der Waals surface area contributed by atoms with E-state index in [0.29, 0.717) is 6.54 Å². The van der Waals surface area contributed by atoms with Crippen LogP contribution in [0.2, 0.25) is 0 Å². The summed E-state index contributed by atoms with van der Waals surface area (Å²) in [6.45, 7) is -0.443. The zero-order chi connectivity index (χ0) is 22.2. The number of amides is 1. The summed E-state index contributed by atoms with van der Waals surface area (Å²) in [5.74, 6) is 0.125. The van der Waals surface area contributed by atoms with Crippen molar-refractivity contribution in [2.45, 2.75) is 32.2 Å². The van der Waals surface area contributed by atoms with Gasteiger partial charge in [0.05, 0.1) is 0 Å². The molecule has 0 unspecified atom stereocenters. The second kappa shape index (κ2) is 10.7. The lowest BCUT2D eigenvalue weighted by Gasteiger charge is -2.24. The van der Waals surface area contributed by atoms with Crippen molar-refractivity contribution >= 4 is 5.91 Å². The molecule has 0 aliphatic rings. The predicted molar refractivity (Wildman–Crippen MR) is 116 cm³/mol. The van der Waals surface area contributed by atoms with Crippen molar-refractivity contribution in [3.05, 3.63) is 102 Å². The Morgan fingerprint density at radius 1 is 0.903 bits per heavy atom. The van der Waals surface area contributed by atoms with Gasteiger partial charge in [-0.1, -0.05) is 60.7 Å². The molecule has 2 atom stereocenters. The lowest BCUT2D eigenvalue weighted by atomic mass is 9.97. The molecule has 3 aromatic carbocycles. The van der Waals surface area contributed by atoms with Crippen LogP contribution < -0.4 is 10.1 Å². The number of likely N-dealkylation sites (N-methyl/N-ethyl adjacent to an activating group) is 1. The highest BCUT2D eigenvalue weighted by Gasteiger charge is 2.27. The maximum atomic E-state index is 13.0. The van der Waals surface area contributed by atoms with E-state index in [1.165, 1.54) is 12.1 Å². The van der Waals surface area contributed by atoms with Gasteiger partial charge in [0.15, 0.2) is 6.04 Å². The number of carbonyl (C=O) groups is 1. The fraction of sp³-hybridized carbons (Fsp3) is 0.240. The Morgan fingerprint density at radius 3 is 2.03 bits per heavy atom. The van der Waals surface area contributed by atoms with E-state index in [2.05, 4.69) is 4.74 Å². The second-order valence-corrected chi connectivity index (χ2v) is 7.50. The van der Waals surface area contributed by atoms with Gasteiger partial charge in [0, 0.05) is 24.7 Å². The predicted octanol–water partition coefficient (Wildman–Crippen LogP) is 3.99. The third-order valence-corrected chi connectivity index (χ3v) is 5.13. The number of hydrogen-bond donors (Lipinski definition) is 1. The van der Waals surface area contributed by atoms with E-state index < -0.39 is 6.61 Å². The normalized spacial score (nSPS) is 12.9. The van der Waals surface area contributed by atoms with E-state index in [9.17, 15) is 13.6 Å². The Kier molecular flexibility index (Phi) is 7.73. The van der Waals surface area contributed by atoms with Crippen LogP contribution in [0.5, 0.6) is 5.75 Å². The summed E-state index contributed by atoms with van der Waals surface area (Å²) in [5.41, 5.74) is 2.99. The van der Waals surface area contributed by atoms with E-state index in [-0.39, 0.29) is 23.7 Å². The van der Waals surface area contributed by atoms with Crippen LogP contribution in [0.15, 0.2) is 84.9 Å². The fourth-order valence-corrected chi connectivity index (χ4v) is 3.59. The molecule has 0 radical (unpaired) electrons. The standard InChI is InChI=1S/C25H26F2N2O2/c1-18(24(30)29(2)17-19-9-5-3-6-10-19)28-23(20-11-7-4-8-12-20)21-13-15-22(16-14-21)31-25(26)27/h3-16,18,23,25,28H,17H2,1-2H3/p+1/t18-,23-/m1/s1. The van der Waals surface area contributed by atoms with Crippen molar-refractivity contribution in [1.29, 1.82) is 0 Å². The molecule has 0 spiro atoms. The van der Waals surface area contributed by atoms with Gasteiger partial charge < -0.3 is 15.0 Å². The monoisotopic (exact) mass is 425 g/mol. The van der Waals surface area contributed by atoms with Crippen molar-refractivity contribution in [3.8, 4) is 5.75 Å². The maximum absolute atomic E-state index is 13.0. The van der Waals surface area contributed by atoms with Gasteiger partial charge in [-0.3, -0.25) is 4.79 Å². The van der Waals surface area contributed by atoms with E-state index in [0.717, 1.165) is 16.7 Å². The SMILES string of the molecule is C[C@@H]([NH2+][C@H](c1ccccc1)c1ccc(OC(F)F)cc1)C(=O)N(C)Cc1ccccc1. The molecule has 0 saturated heterocycles. The fourth-order valence-electron chi connectivity index (χ4n) is 3.59. The summed E-state index contributed by atoms with van der Waals surface area (Å²) in [7, 11) is 1.80. The zero-order valence-electron chi connectivity index (χ0n) is 17.6. The van der Waals surface area contributed by atoms with Crippen LogP contribution >= 0.6 is 0 Å². The molecule has 1 amide bonds. The van der Waals surface area contributed by atoms with Crippen molar-refractivity contribution in [3.63, 3.8) is 0 Å². The minimum absolute atomic E-state index is 0.0161. The molecular weight excluding hydrogens is 398 g/mol. The summed E-state index contributed by atoms with van der Waals surface area (Å²) >= 11 is 0. The number of quaternary nitrogens is 1. The Balaban J connectivity index is 1.76. The van der Waals surface area contributed by atoms with E-state index in [1.807, 2.05) is 72.9 Å². The highest BCUT2D eigenvalue weighted by atomic mass is 19.3. The lowest BCUT2D eigenvalue weighted by Crippen LogP contribution is -2.92. The molecule has 0 aromatic heterocycles. The molecule has 0 heterocycles. The van der Waals surface area contributed by atoms with Crippen LogP contribution in [0.4, 0.5) is 8.78 Å². The summed E-state index contributed by atoms with van der Waals surface area (Å²) in [6.07, 6.45) is 0. The van der Waals surface area contributed by atoms with Gasteiger partial charge in [-0.05, 0) is 36.8 Å². The number of benzene rings is 3. The molecule has 3 rings (SSSR count). The third-order valence-electron chi connectivity index (χ3n) is 5.13. The van der Waals surface area contributed by atoms with Crippen LogP contribution in [-0.2, 0) is 11.3 Å². The molecular formula is C25H27F2N2O2+. The minimum Gasteiger partial charge on any atom is -0.435 e. The van der Waals surface area contributed by atoms with Crippen molar-refractivity contribution < 1.29 is 23.6 Å². The molecule has 6 heteroatoms. The largest absolute Gasteiger partial charge is 0.435 e. The lowest BCUT2D eigenvalue weighted by molar-refractivity contribution is -0.705. The third kappa shape index (κ3) is 6.36. The molecule has 4 nitrogen and oxygen atoms in total. The van der Waals surface area contributed by atoms with Crippen molar-refractivity contribution in [2.75, 3.05) is 7.05 Å². The van der Waals surface area contributed by atoms with Gasteiger partial charge in [-0.15, -0.1) is 0 Å². The van der Waals surface area contributed by atoms with Crippen molar-refractivity contribution in [2.24, 2.45) is 0 Å². The number of ether oxygens (including phenoxy) is 1. The summed E-state index contributed by atoms with van der Waals surface area (Å²) in [4.78, 5) is 14.7. The number of nitrogens with zero attached hydrogens (tertiary/aromatic N) is 1. The Bertz CT molecular complexity index is 950. The van der Waals surface area contributed by atoms with E-state index in [4.69, 9.17) is 0 Å². The number of halogens is 2. The summed E-state index contributed by atoms with van der Waals surface area (Å²) in [5, 5.41) is 2.00. The number of rotatable bonds is 9. The van der Waals surface area contributed by atoms with E-state index >= 15 is 0 Å². The molecule has 0 saturated carbocycles. The summed E-state index contributed by atoms with van der Waals surface area (Å²) in [6, 6.07) is 25.7. The van der Waals surface area contributed by atoms with E-state index in [1.54, 1.807) is 24.1 Å². The van der Waals surface area contributed by atoms with Gasteiger partial charge in [-0.2, -0.15) is 8.78 Å². The van der Waals surface area contributed by atoms with Gasteiger partial charge in [0.25, 0.3) is 5.91 Å². The Labute approximate surface area is 181 Å². The number of carbonyl (C=O) groups excluding carboxylic acids is 1. The Hall–Kier alpha value is -3.25. The molecule has 2 N–H and O–H groups in total. The zero-order valence-corrected chi connectivity index (χ0v) is 17.6. The molecule has 0 aliphatic carbocycles. The average molecular weight is 425 g/mol. The van der Waals surface area contributed by atoms with Crippen LogP contribution in [0.25, 0.3) is 0 Å². The van der Waals surface area contributed by atoms with Gasteiger partial charge >= 0.3 is 6.61 Å². The van der Waals surface area contributed by atoms with Crippen LogP contribution in [0, 0.1) is 0 Å². The van der Waals surface area contributed by atoms with Gasteiger partial charge in [0.1, 0.15) is 11.8 Å². The quantitative estimate of drug-likeness (QED) is 0.564. The molecule has 0 aliphatic heterocycles. The number of nitrogens with two attached hydrogens (primary N) is 1. The second-order valence-electron chi connectivity index (χ2n) is 7.50. The first-order valence-electron chi connectivity index (χ1n) is 10.2. The average Bonchev–Trinajstić information content (AvgIpc) is 2.78. The molecule has 0 fully saturated rings. The number of hydrogen-bond acceptors (Lipinski definition) is 2. The molecule has 0 bridgehead atoms. The maximum Gasteiger partial charge on any atom is 0.387 e. The molecule has 162 valence electrons. The van der Waals surface area contributed by atoms with Crippen LogP contribution in [0.3, 0.4) is 0 Å². The minimum atomic E-state index is -2.86.